The van der Waals surface area contributed by atoms with Crippen LogP contribution in [0.2, 0.25) is 0 Å². The Bertz CT molecular complexity index is 227. The van der Waals surface area contributed by atoms with Crippen LogP contribution in [-0.2, 0) is 4.79 Å². The van der Waals surface area contributed by atoms with Crippen molar-refractivity contribution in [2.45, 2.75) is 32.6 Å². The van der Waals surface area contributed by atoms with Crippen molar-refractivity contribution in [2.75, 3.05) is 19.6 Å². The lowest BCUT2D eigenvalue weighted by Gasteiger charge is -2.56. The minimum Gasteiger partial charge on any atom is -0.481 e. The van der Waals surface area contributed by atoms with E-state index in [4.69, 9.17) is 5.11 Å². The lowest BCUT2D eigenvalue weighted by molar-refractivity contribution is -0.138. The number of aliphatic carboxylic acids is 1. The molecule has 2 rings (SSSR count). The second-order valence-electron chi connectivity index (χ2n) is 5.23. The van der Waals surface area contributed by atoms with E-state index >= 15 is 0 Å². The summed E-state index contributed by atoms with van der Waals surface area (Å²) in [7, 11) is 0. The van der Waals surface area contributed by atoms with Crippen LogP contribution in [0.15, 0.2) is 0 Å². The van der Waals surface area contributed by atoms with Crippen LogP contribution in [0.25, 0.3) is 0 Å². The molecule has 1 aliphatic carbocycles. The molecular weight excluding hydrogens is 178 g/mol. The van der Waals surface area contributed by atoms with E-state index in [1.165, 1.54) is 32.4 Å². The number of hydrogen-bond acceptors (Lipinski definition) is 2. The van der Waals surface area contributed by atoms with E-state index in [2.05, 4.69) is 4.90 Å². The van der Waals surface area contributed by atoms with Gasteiger partial charge in [-0.05, 0) is 24.2 Å². The van der Waals surface area contributed by atoms with E-state index in [9.17, 15) is 4.79 Å². The quantitative estimate of drug-likeness (QED) is 0.744. The summed E-state index contributed by atoms with van der Waals surface area (Å²) in [6.45, 7) is 5.43. The maximum Gasteiger partial charge on any atom is 0.303 e. The number of carboxylic acids is 1. The molecule has 1 spiro atoms. The number of hydrogen-bond donors (Lipinski definition) is 1. The van der Waals surface area contributed by atoms with Gasteiger partial charge in [-0.1, -0.05) is 13.3 Å². The highest BCUT2D eigenvalue weighted by atomic mass is 16.4. The van der Waals surface area contributed by atoms with Gasteiger partial charge < -0.3 is 10.0 Å². The molecule has 1 aliphatic heterocycles. The predicted molar refractivity (Wildman–Crippen MR) is 54.1 cm³/mol. The molecule has 0 aromatic carbocycles. The largest absolute Gasteiger partial charge is 0.481 e. The van der Waals surface area contributed by atoms with E-state index in [-0.39, 0.29) is 0 Å². The number of carbonyl (C=O) groups is 1. The zero-order valence-electron chi connectivity index (χ0n) is 8.83. The number of carboxylic acid groups (broad SMARTS) is 1. The fourth-order valence-electron chi connectivity index (χ4n) is 2.83. The molecule has 1 unspecified atom stereocenters. The number of rotatable bonds is 4. The van der Waals surface area contributed by atoms with E-state index in [0.29, 0.717) is 17.8 Å². The summed E-state index contributed by atoms with van der Waals surface area (Å²) in [4.78, 5) is 12.9. The van der Waals surface area contributed by atoms with Crippen molar-refractivity contribution in [3.8, 4) is 0 Å². The minimum atomic E-state index is -0.670. The third-order valence-electron chi connectivity index (χ3n) is 3.63. The molecule has 0 radical (unpaired) electrons. The molecule has 0 aromatic rings. The Morgan fingerprint density at radius 1 is 1.50 bits per heavy atom. The molecule has 2 fully saturated rings. The van der Waals surface area contributed by atoms with Gasteiger partial charge in [0.1, 0.15) is 0 Å². The molecule has 14 heavy (non-hydrogen) atoms. The average Bonchev–Trinajstić information content (AvgIpc) is 1.89. The van der Waals surface area contributed by atoms with E-state index in [1.54, 1.807) is 0 Å². The maximum atomic E-state index is 10.5. The Morgan fingerprint density at radius 3 is 2.57 bits per heavy atom. The summed E-state index contributed by atoms with van der Waals surface area (Å²) >= 11 is 0. The highest BCUT2D eigenvalue weighted by Gasteiger charge is 2.46. The Labute approximate surface area is 85.1 Å². The summed E-state index contributed by atoms with van der Waals surface area (Å²) in [5, 5.41) is 8.63. The smallest absolute Gasteiger partial charge is 0.303 e. The predicted octanol–water partition coefficient (Wildman–Crippen LogP) is 1.58. The number of likely N-dealkylation sites (tertiary alicyclic amines) is 1. The second kappa shape index (κ2) is 3.54. The van der Waals surface area contributed by atoms with E-state index in [0.717, 1.165) is 6.54 Å². The second-order valence-corrected chi connectivity index (χ2v) is 5.23. The molecule has 2 aliphatic rings. The molecule has 0 amide bonds. The summed E-state index contributed by atoms with van der Waals surface area (Å²) in [6, 6.07) is 0. The van der Waals surface area contributed by atoms with Crippen molar-refractivity contribution in [3.63, 3.8) is 0 Å². The average molecular weight is 197 g/mol. The topological polar surface area (TPSA) is 40.5 Å². The van der Waals surface area contributed by atoms with E-state index < -0.39 is 5.97 Å². The van der Waals surface area contributed by atoms with Gasteiger partial charge in [0.2, 0.25) is 0 Å². The highest BCUT2D eigenvalue weighted by Crippen LogP contribution is 2.48. The molecule has 0 aromatic heterocycles. The lowest BCUT2D eigenvalue weighted by Crippen LogP contribution is -2.60. The van der Waals surface area contributed by atoms with Gasteiger partial charge in [0.25, 0.3) is 0 Å². The fraction of sp³-hybridized carbons (Fsp3) is 0.909. The minimum absolute atomic E-state index is 0.296. The van der Waals surface area contributed by atoms with Gasteiger partial charge in [0, 0.05) is 26.1 Å². The molecular formula is C11H19NO2. The van der Waals surface area contributed by atoms with Crippen LogP contribution in [0.5, 0.6) is 0 Å². The van der Waals surface area contributed by atoms with Crippen LogP contribution in [0.4, 0.5) is 0 Å². The first kappa shape index (κ1) is 9.97. The van der Waals surface area contributed by atoms with Crippen LogP contribution in [-0.4, -0.2) is 35.6 Å². The van der Waals surface area contributed by atoms with Crippen LogP contribution in [0, 0.1) is 11.3 Å². The Morgan fingerprint density at radius 2 is 2.14 bits per heavy atom. The first-order valence-corrected chi connectivity index (χ1v) is 5.54. The molecule has 3 heteroatoms. The lowest BCUT2D eigenvalue weighted by atomic mass is 9.63. The molecule has 1 heterocycles. The Hall–Kier alpha value is -0.570. The van der Waals surface area contributed by atoms with Gasteiger partial charge in [-0.25, -0.2) is 0 Å². The van der Waals surface area contributed by atoms with Crippen molar-refractivity contribution in [1.29, 1.82) is 0 Å². The van der Waals surface area contributed by atoms with Gasteiger partial charge in [-0.3, -0.25) is 4.79 Å². The van der Waals surface area contributed by atoms with Crippen LogP contribution >= 0.6 is 0 Å². The summed E-state index contributed by atoms with van der Waals surface area (Å²) in [6.07, 6.45) is 4.51. The summed E-state index contributed by atoms with van der Waals surface area (Å²) < 4.78 is 0. The molecule has 1 saturated carbocycles. The van der Waals surface area contributed by atoms with Gasteiger partial charge >= 0.3 is 5.97 Å². The van der Waals surface area contributed by atoms with Gasteiger partial charge in [-0.15, -0.1) is 0 Å². The van der Waals surface area contributed by atoms with Crippen molar-refractivity contribution < 1.29 is 9.90 Å². The first-order valence-electron chi connectivity index (χ1n) is 5.54. The molecule has 1 N–H and O–H groups in total. The summed E-state index contributed by atoms with van der Waals surface area (Å²) in [5.41, 5.74) is 0.670. The van der Waals surface area contributed by atoms with Crippen molar-refractivity contribution in [3.05, 3.63) is 0 Å². The highest BCUT2D eigenvalue weighted by molar-refractivity contribution is 5.66. The number of nitrogens with zero attached hydrogens (tertiary/aromatic N) is 1. The Kier molecular flexibility index (Phi) is 2.52. The summed E-state index contributed by atoms with van der Waals surface area (Å²) in [5.74, 6) is -0.374. The van der Waals surface area contributed by atoms with Gasteiger partial charge in [-0.2, -0.15) is 0 Å². The maximum absolute atomic E-state index is 10.5. The first-order chi connectivity index (χ1) is 6.60. The van der Waals surface area contributed by atoms with Crippen molar-refractivity contribution in [2.24, 2.45) is 11.3 Å². The zero-order valence-corrected chi connectivity index (χ0v) is 8.83. The molecule has 80 valence electrons. The standard InChI is InChI=1S/C11H19NO2/c1-9(5-10(13)14)6-12-7-11(8-12)3-2-4-11/h9H,2-8H2,1H3,(H,13,14). The van der Waals surface area contributed by atoms with Gasteiger partial charge in [0.15, 0.2) is 0 Å². The zero-order chi connectivity index (χ0) is 10.2. The van der Waals surface area contributed by atoms with Gasteiger partial charge in [0.05, 0.1) is 0 Å². The normalized spacial score (nSPS) is 26.6. The SMILES string of the molecule is CC(CC(=O)O)CN1CC2(CCC2)C1. The third-order valence-corrected chi connectivity index (χ3v) is 3.63. The van der Waals surface area contributed by atoms with Crippen LogP contribution in [0.3, 0.4) is 0 Å². The molecule has 1 atom stereocenters. The van der Waals surface area contributed by atoms with E-state index in [1.807, 2.05) is 6.92 Å². The molecule has 1 saturated heterocycles. The van der Waals surface area contributed by atoms with Crippen LogP contribution in [0.1, 0.15) is 32.6 Å². The molecule has 3 nitrogen and oxygen atoms in total. The van der Waals surface area contributed by atoms with Crippen LogP contribution < -0.4 is 0 Å². The van der Waals surface area contributed by atoms with Crippen molar-refractivity contribution in [1.82, 2.24) is 4.90 Å². The third kappa shape index (κ3) is 1.92. The fourth-order valence-corrected chi connectivity index (χ4v) is 2.83. The monoisotopic (exact) mass is 197 g/mol. The Balaban J connectivity index is 1.65. The van der Waals surface area contributed by atoms with Crippen molar-refractivity contribution >= 4 is 5.97 Å². The molecule has 0 bridgehead atoms.